The minimum atomic E-state index is -0.468. The predicted octanol–water partition coefficient (Wildman–Crippen LogP) is 2.85. The molecule has 1 aliphatic heterocycles. The van der Waals surface area contributed by atoms with Crippen molar-refractivity contribution in [1.29, 1.82) is 5.26 Å². The number of amides is 3. The minimum Gasteiger partial charge on any atom is -0.310 e. The highest BCUT2D eigenvalue weighted by molar-refractivity contribution is 6.22. The summed E-state index contributed by atoms with van der Waals surface area (Å²) in [4.78, 5) is 40.4. The number of fused-ring (bicyclic) bond motifs is 1. The van der Waals surface area contributed by atoms with Crippen LogP contribution in [0.25, 0.3) is 0 Å². The van der Waals surface area contributed by atoms with Crippen molar-refractivity contribution in [3.8, 4) is 6.07 Å². The Kier molecular flexibility index (Phi) is 5.04. The summed E-state index contributed by atoms with van der Waals surface area (Å²) in [6.07, 6.45) is 0.154. The molecular weight excluding hydrogens is 342 g/mol. The van der Waals surface area contributed by atoms with Crippen molar-refractivity contribution < 1.29 is 14.4 Å². The molecule has 1 aliphatic rings. The Morgan fingerprint density at radius 3 is 2.11 bits per heavy atom. The molecular formula is C21H19N3O3. The standard InChI is InChI=1S/C21H19N3O3/c1-14-10-15(2)12-16(11-14)23(9-5-8-22)19(25)13-24-20(26)17-6-3-4-7-18(17)21(24)27/h3-4,6-7,10-12H,5,9,13H2,1-2H3. The molecule has 0 radical (unpaired) electrons. The molecule has 3 amide bonds. The van der Waals surface area contributed by atoms with Crippen molar-refractivity contribution in [3.63, 3.8) is 0 Å². The van der Waals surface area contributed by atoms with Crippen LogP contribution in [-0.4, -0.2) is 35.7 Å². The Bertz CT molecular complexity index is 920. The molecule has 3 rings (SSSR count). The van der Waals surface area contributed by atoms with E-state index in [1.54, 1.807) is 24.3 Å². The number of hydrogen-bond acceptors (Lipinski definition) is 4. The number of hydrogen-bond donors (Lipinski definition) is 0. The van der Waals surface area contributed by atoms with Gasteiger partial charge in [-0.25, -0.2) is 0 Å². The van der Waals surface area contributed by atoms with Crippen molar-refractivity contribution in [1.82, 2.24) is 4.90 Å². The Hall–Kier alpha value is -3.46. The van der Waals surface area contributed by atoms with E-state index in [0.29, 0.717) is 16.8 Å². The summed E-state index contributed by atoms with van der Waals surface area (Å²) in [7, 11) is 0. The van der Waals surface area contributed by atoms with E-state index in [1.807, 2.05) is 38.1 Å². The topological polar surface area (TPSA) is 81.5 Å². The van der Waals surface area contributed by atoms with Crippen LogP contribution in [0.1, 0.15) is 38.3 Å². The van der Waals surface area contributed by atoms with Crippen LogP contribution in [0.15, 0.2) is 42.5 Å². The molecule has 0 spiro atoms. The average Bonchev–Trinajstić information content (AvgIpc) is 2.87. The second kappa shape index (κ2) is 7.42. The van der Waals surface area contributed by atoms with Crippen molar-refractivity contribution in [2.75, 3.05) is 18.0 Å². The van der Waals surface area contributed by atoms with Crippen LogP contribution in [0, 0.1) is 25.2 Å². The average molecular weight is 361 g/mol. The first-order valence-electron chi connectivity index (χ1n) is 8.63. The molecule has 0 N–H and O–H groups in total. The highest BCUT2D eigenvalue weighted by Crippen LogP contribution is 2.24. The van der Waals surface area contributed by atoms with E-state index in [0.717, 1.165) is 16.0 Å². The smallest absolute Gasteiger partial charge is 0.262 e. The lowest BCUT2D eigenvalue weighted by Gasteiger charge is -2.25. The zero-order valence-corrected chi connectivity index (χ0v) is 15.2. The summed E-state index contributed by atoms with van der Waals surface area (Å²) >= 11 is 0. The molecule has 2 aromatic carbocycles. The first kappa shape index (κ1) is 18.3. The van der Waals surface area contributed by atoms with Gasteiger partial charge in [0, 0.05) is 12.2 Å². The van der Waals surface area contributed by atoms with Gasteiger partial charge in [0.05, 0.1) is 23.6 Å². The molecule has 0 fully saturated rings. The predicted molar refractivity (Wildman–Crippen MR) is 100 cm³/mol. The van der Waals surface area contributed by atoms with Gasteiger partial charge in [-0.05, 0) is 49.2 Å². The molecule has 6 heteroatoms. The van der Waals surface area contributed by atoms with Gasteiger partial charge in [-0.2, -0.15) is 5.26 Å². The molecule has 0 aromatic heterocycles. The normalized spacial score (nSPS) is 12.7. The van der Waals surface area contributed by atoms with E-state index in [4.69, 9.17) is 5.26 Å². The fraction of sp³-hybridized carbons (Fsp3) is 0.238. The fourth-order valence-corrected chi connectivity index (χ4v) is 3.27. The van der Waals surface area contributed by atoms with Crippen molar-refractivity contribution in [2.45, 2.75) is 20.3 Å². The summed E-state index contributed by atoms with van der Waals surface area (Å²) in [5, 5.41) is 8.93. The molecule has 0 atom stereocenters. The number of aryl methyl sites for hydroxylation is 2. The zero-order chi connectivity index (χ0) is 19.6. The quantitative estimate of drug-likeness (QED) is 0.767. The van der Waals surface area contributed by atoms with Gasteiger partial charge in [0.25, 0.3) is 11.8 Å². The number of imide groups is 1. The number of benzene rings is 2. The summed E-state index contributed by atoms with van der Waals surface area (Å²) in [5.74, 6) is -1.33. The van der Waals surface area contributed by atoms with Gasteiger partial charge in [0.15, 0.2) is 0 Å². The van der Waals surface area contributed by atoms with E-state index in [1.165, 1.54) is 4.90 Å². The third-order valence-electron chi connectivity index (χ3n) is 4.44. The molecule has 0 bridgehead atoms. The van der Waals surface area contributed by atoms with Crippen LogP contribution < -0.4 is 4.90 Å². The summed E-state index contributed by atoms with van der Waals surface area (Å²) in [5.41, 5.74) is 3.25. The number of carbonyl (C=O) groups is 3. The first-order chi connectivity index (χ1) is 12.9. The molecule has 2 aromatic rings. The Labute approximate surface area is 157 Å². The van der Waals surface area contributed by atoms with Crippen LogP contribution in [0.4, 0.5) is 5.69 Å². The van der Waals surface area contributed by atoms with Gasteiger partial charge < -0.3 is 4.90 Å². The molecule has 27 heavy (non-hydrogen) atoms. The second-order valence-electron chi connectivity index (χ2n) is 6.54. The van der Waals surface area contributed by atoms with Gasteiger partial charge in [0.2, 0.25) is 5.91 Å². The molecule has 0 saturated carbocycles. The Balaban J connectivity index is 1.86. The van der Waals surface area contributed by atoms with Gasteiger partial charge in [-0.3, -0.25) is 19.3 Å². The zero-order valence-electron chi connectivity index (χ0n) is 15.2. The Morgan fingerprint density at radius 2 is 1.59 bits per heavy atom. The van der Waals surface area contributed by atoms with E-state index >= 15 is 0 Å². The van der Waals surface area contributed by atoms with Crippen LogP contribution in [-0.2, 0) is 4.79 Å². The molecule has 0 unspecified atom stereocenters. The lowest BCUT2D eigenvalue weighted by Crippen LogP contribution is -2.43. The fourth-order valence-electron chi connectivity index (χ4n) is 3.27. The maximum atomic E-state index is 12.9. The van der Waals surface area contributed by atoms with Crippen molar-refractivity contribution in [3.05, 3.63) is 64.7 Å². The van der Waals surface area contributed by atoms with E-state index in [9.17, 15) is 14.4 Å². The summed E-state index contributed by atoms with van der Waals surface area (Å²) < 4.78 is 0. The lowest BCUT2D eigenvalue weighted by molar-refractivity contribution is -0.118. The summed E-state index contributed by atoms with van der Waals surface area (Å²) in [6.45, 7) is 3.69. The second-order valence-corrected chi connectivity index (χ2v) is 6.54. The molecule has 0 saturated heterocycles. The van der Waals surface area contributed by atoms with Crippen LogP contribution >= 0.6 is 0 Å². The molecule has 0 aliphatic carbocycles. The minimum absolute atomic E-state index is 0.154. The highest BCUT2D eigenvalue weighted by Gasteiger charge is 2.37. The van der Waals surface area contributed by atoms with E-state index < -0.39 is 17.7 Å². The van der Waals surface area contributed by atoms with Gasteiger partial charge in [0.1, 0.15) is 6.54 Å². The molecule has 1 heterocycles. The Morgan fingerprint density at radius 1 is 1.04 bits per heavy atom. The van der Waals surface area contributed by atoms with E-state index in [2.05, 4.69) is 0 Å². The largest absolute Gasteiger partial charge is 0.310 e. The highest BCUT2D eigenvalue weighted by atomic mass is 16.2. The maximum absolute atomic E-state index is 12.9. The summed E-state index contributed by atoms with van der Waals surface area (Å²) in [6, 6.07) is 14.3. The van der Waals surface area contributed by atoms with Crippen LogP contribution in [0.2, 0.25) is 0 Å². The SMILES string of the molecule is Cc1cc(C)cc(N(CCC#N)C(=O)CN2C(=O)c3ccccc3C2=O)c1. The van der Waals surface area contributed by atoms with Gasteiger partial charge >= 0.3 is 0 Å². The van der Waals surface area contributed by atoms with Gasteiger partial charge in [-0.15, -0.1) is 0 Å². The monoisotopic (exact) mass is 361 g/mol. The maximum Gasteiger partial charge on any atom is 0.262 e. The molecule has 136 valence electrons. The van der Waals surface area contributed by atoms with Crippen LogP contribution in [0.5, 0.6) is 0 Å². The van der Waals surface area contributed by atoms with E-state index in [-0.39, 0.29) is 19.5 Å². The van der Waals surface area contributed by atoms with Crippen molar-refractivity contribution >= 4 is 23.4 Å². The number of carbonyl (C=O) groups excluding carboxylic acids is 3. The van der Waals surface area contributed by atoms with Crippen LogP contribution in [0.3, 0.4) is 0 Å². The molecule has 6 nitrogen and oxygen atoms in total. The first-order valence-corrected chi connectivity index (χ1v) is 8.63. The van der Waals surface area contributed by atoms with Crippen molar-refractivity contribution in [2.24, 2.45) is 0 Å². The number of nitrogens with zero attached hydrogens (tertiary/aromatic N) is 3. The lowest BCUT2D eigenvalue weighted by atomic mass is 10.1. The third-order valence-corrected chi connectivity index (χ3v) is 4.44. The number of rotatable bonds is 5. The van der Waals surface area contributed by atoms with Gasteiger partial charge in [-0.1, -0.05) is 18.2 Å². The number of anilines is 1. The third kappa shape index (κ3) is 3.58. The number of nitriles is 1.